The van der Waals surface area contributed by atoms with Gasteiger partial charge in [0, 0.05) is 20.0 Å². The molecule has 0 fully saturated rings. The van der Waals surface area contributed by atoms with Gasteiger partial charge >= 0.3 is 5.97 Å². The van der Waals surface area contributed by atoms with Crippen molar-refractivity contribution in [3.05, 3.63) is 34.3 Å². The summed E-state index contributed by atoms with van der Waals surface area (Å²) >= 11 is 6.07. The zero-order chi connectivity index (χ0) is 16.9. The second-order valence-electron chi connectivity index (χ2n) is 4.98. The molecule has 0 bridgehead atoms. The molecule has 0 aliphatic heterocycles. The molecule has 0 aromatic heterocycles. The molecule has 0 saturated heterocycles. The molecule has 0 aliphatic carbocycles. The zero-order valence-corrected chi connectivity index (χ0v) is 13.5. The lowest BCUT2D eigenvalue weighted by Crippen LogP contribution is -2.46. The van der Waals surface area contributed by atoms with E-state index in [4.69, 9.17) is 16.7 Å². The average Bonchev–Trinajstić information content (AvgIpc) is 2.42. The third kappa shape index (κ3) is 4.73. The number of amides is 2. The van der Waals surface area contributed by atoms with E-state index in [1.807, 2.05) is 6.92 Å². The Hall–Kier alpha value is -2.08. The van der Waals surface area contributed by atoms with Crippen LogP contribution in [0.2, 0.25) is 5.02 Å². The molecule has 0 spiro atoms. The molecule has 22 heavy (non-hydrogen) atoms. The van der Waals surface area contributed by atoms with Crippen LogP contribution in [-0.4, -0.2) is 46.9 Å². The van der Waals surface area contributed by atoms with E-state index in [2.05, 4.69) is 5.32 Å². The molecular formula is C15H19ClN2O4. The highest BCUT2D eigenvalue weighted by atomic mass is 35.5. The molecule has 7 heteroatoms. The molecule has 1 unspecified atom stereocenters. The van der Waals surface area contributed by atoms with E-state index >= 15 is 0 Å². The predicted octanol–water partition coefficient (Wildman–Crippen LogP) is 1.70. The van der Waals surface area contributed by atoms with Crippen molar-refractivity contribution in [2.45, 2.75) is 26.8 Å². The summed E-state index contributed by atoms with van der Waals surface area (Å²) in [5.74, 6) is -1.85. The van der Waals surface area contributed by atoms with Crippen molar-refractivity contribution in [2.24, 2.45) is 0 Å². The van der Waals surface area contributed by atoms with Gasteiger partial charge in [-0.05, 0) is 31.5 Å². The summed E-state index contributed by atoms with van der Waals surface area (Å²) in [6.07, 6.45) is 0. The third-order valence-corrected chi connectivity index (χ3v) is 3.48. The number of carbonyl (C=O) groups is 3. The maximum absolute atomic E-state index is 12.6. The first-order chi connectivity index (χ1) is 10.2. The van der Waals surface area contributed by atoms with Crippen molar-refractivity contribution >= 4 is 29.4 Å². The molecule has 2 N–H and O–H groups in total. The number of carbonyl (C=O) groups excluding carboxylic acids is 2. The number of aliphatic carboxylic acids is 1. The van der Waals surface area contributed by atoms with E-state index in [0.29, 0.717) is 0 Å². The fraction of sp³-hybridized carbons (Fsp3) is 0.400. The summed E-state index contributed by atoms with van der Waals surface area (Å²) in [4.78, 5) is 35.8. The second kappa shape index (κ2) is 7.79. The molecule has 2 amide bonds. The number of halogens is 1. The fourth-order valence-electron chi connectivity index (χ4n) is 1.91. The highest BCUT2D eigenvalue weighted by Crippen LogP contribution is 2.20. The summed E-state index contributed by atoms with van der Waals surface area (Å²) in [6, 6.07) is 3.92. The Morgan fingerprint density at radius 3 is 2.50 bits per heavy atom. The van der Waals surface area contributed by atoms with Gasteiger partial charge in [0.2, 0.25) is 5.91 Å². The number of rotatable bonds is 6. The maximum Gasteiger partial charge on any atom is 0.326 e. The average molecular weight is 327 g/mol. The van der Waals surface area contributed by atoms with Gasteiger partial charge in [-0.15, -0.1) is 0 Å². The zero-order valence-electron chi connectivity index (χ0n) is 12.7. The first kappa shape index (κ1) is 18.0. The molecule has 0 aliphatic rings. The van der Waals surface area contributed by atoms with Gasteiger partial charge in [0.15, 0.2) is 0 Å². The van der Waals surface area contributed by atoms with Gasteiger partial charge in [0.05, 0.1) is 10.6 Å². The van der Waals surface area contributed by atoms with Gasteiger partial charge in [-0.25, -0.2) is 4.79 Å². The Morgan fingerprint density at radius 1 is 1.36 bits per heavy atom. The third-order valence-electron chi connectivity index (χ3n) is 3.17. The van der Waals surface area contributed by atoms with Gasteiger partial charge in [0.1, 0.15) is 6.04 Å². The maximum atomic E-state index is 12.6. The monoisotopic (exact) mass is 326 g/mol. The minimum absolute atomic E-state index is 0.0794. The van der Waals surface area contributed by atoms with Crippen LogP contribution in [0, 0.1) is 6.92 Å². The Morgan fingerprint density at radius 2 is 2.00 bits per heavy atom. The summed E-state index contributed by atoms with van der Waals surface area (Å²) in [7, 11) is 0. The lowest BCUT2D eigenvalue weighted by Gasteiger charge is -2.27. The van der Waals surface area contributed by atoms with Gasteiger partial charge in [0.25, 0.3) is 5.91 Å². The molecule has 1 aromatic rings. The molecular weight excluding hydrogens is 308 g/mol. The van der Waals surface area contributed by atoms with E-state index in [-0.39, 0.29) is 29.6 Å². The molecule has 6 nitrogen and oxygen atoms in total. The van der Waals surface area contributed by atoms with Crippen LogP contribution in [0.4, 0.5) is 0 Å². The quantitative estimate of drug-likeness (QED) is 0.833. The lowest BCUT2D eigenvalue weighted by molar-refractivity contribution is -0.141. The molecule has 1 aromatic carbocycles. The van der Waals surface area contributed by atoms with Crippen LogP contribution in [0.5, 0.6) is 0 Å². The second-order valence-corrected chi connectivity index (χ2v) is 5.39. The summed E-state index contributed by atoms with van der Waals surface area (Å²) in [5.41, 5.74) is 1.14. The highest BCUT2D eigenvalue weighted by molar-refractivity contribution is 6.33. The Bertz CT molecular complexity index is 589. The van der Waals surface area contributed by atoms with Crippen molar-refractivity contribution in [2.75, 3.05) is 13.1 Å². The topological polar surface area (TPSA) is 86.7 Å². The van der Waals surface area contributed by atoms with Gasteiger partial charge < -0.3 is 15.3 Å². The van der Waals surface area contributed by atoms with E-state index in [1.165, 1.54) is 18.7 Å². The first-order valence-electron chi connectivity index (χ1n) is 6.78. The van der Waals surface area contributed by atoms with E-state index in [1.54, 1.807) is 18.2 Å². The van der Waals surface area contributed by atoms with Crippen molar-refractivity contribution in [1.82, 2.24) is 10.2 Å². The largest absolute Gasteiger partial charge is 0.480 e. The van der Waals surface area contributed by atoms with Crippen molar-refractivity contribution in [1.29, 1.82) is 0 Å². The number of benzene rings is 1. The van der Waals surface area contributed by atoms with Crippen LogP contribution in [-0.2, 0) is 9.59 Å². The first-order valence-corrected chi connectivity index (χ1v) is 7.16. The lowest BCUT2D eigenvalue weighted by atomic mass is 10.1. The highest BCUT2D eigenvalue weighted by Gasteiger charge is 2.27. The van der Waals surface area contributed by atoms with Crippen LogP contribution < -0.4 is 5.32 Å². The SMILES string of the molecule is CC(=O)NCCN(C(=O)c1ccc(C)cc1Cl)C(C)C(=O)O. The molecule has 1 rings (SSSR count). The summed E-state index contributed by atoms with van der Waals surface area (Å²) in [5, 5.41) is 12.0. The summed E-state index contributed by atoms with van der Waals surface area (Å²) in [6.45, 7) is 4.85. The minimum Gasteiger partial charge on any atom is -0.480 e. The van der Waals surface area contributed by atoms with Crippen molar-refractivity contribution < 1.29 is 19.5 Å². The van der Waals surface area contributed by atoms with Crippen LogP contribution in [0.25, 0.3) is 0 Å². The van der Waals surface area contributed by atoms with Crippen molar-refractivity contribution in [3.63, 3.8) is 0 Å². The number of hydrogen-bond donors (Lipinski definition) is 2. The van der Waals surface area contributed by atoms with Gasteiger partial charge in [-0.1, -0.05) is 17.7 Å². The van der Waals surface area contributed by atoms with E-state index in [0.717, 1.165) is 5.56 Å². The van der Waals surface area contributed by atoms with Crippen molar-refractivity contribution in [3.8, 4) is 0 Å². The molecule has 0 heterocycles. The number of nitrogens with zero attached hydrogens (tertiary/aromatic N) is 1. The minimum atomic E-state index is -1.13. The Labute approximate surface area is 134 Å². The molecule has 120 valence electrons. The van der Waals surface area contributed by atoms with Gasteiger partial charge in [-0.3, -0.25) is 9.59 Å². The molecule has 0 saturated carbocycles. The number of carboxylic acids is 1. The normalized spacial score (nSPS) is 11.6. The Balaban J connectivity index is 3.00. The number of aryl methyl sites for hydroxylation is 1. The standard InChI is InChI=1S/C15H19ClN2O4/c1-9-4-5-12(13(16)8-9)14(20)18(10(2)15(21)22)7-6-17-11(3)19/h4-5,8,10H,6-7H2,1-3H3,(H,17,19)(H,21,22). The molecule has 0 radical (unpaired) electrons. The molecule has 1 atom stereocenters. The van der Waals surface area contributed by atoms with Crippen LogP contribution >= 0.6 is 11.6 Å². The predicted molar refractivity (Wildman–Crippen MR) is 83.0 cm³/mol. The van der Waals surface area contributed by atoms with Crippen LogP contribution in [0.3, 0.4) is 0 Å². The van der Waals surface area contributed by atoms with Gasteiger partial charge in [-0.2, -0.15) is 0 Å². The number of nitrogens with one attached hydrogen (secondary N) is 1. The fourth-order valence-corrected chi connectivity index (χ4v) is 2.22. The Kier molecular flexibility index (Phi) is 6.37. The number of hydrogen-bond acceptors (Lipinski definition) is 3. The number of carboxylic acid groups (broad SMARTS) is 1. The van der Waals surface area contributed by atoms with E-state index < -0.39 is 17.9 Å². The van der Waals surface area contributed by atoms with Crippen LogP contribution in [0.1, 0.15) is 29.8 Å². The smallest absolute Gasteiger partial charge is 0.326 e. The summed E-state index contributed by atoms with van der Waals surface area (Å²) < 4.78 is 0. The van der Waals surface area contributed by atoms with E-state index in [9.17, 15) is 14.4 Å². The van der Waals surface area contributed by atoms with Crippen LogP contribution in [0.15, 0.2) is 18.2 Å².